The standard InChI is InChI=1S/C29H35N3O9S2/c1-20-14-21(2)16-23(15-20)32(42(34,35)24-7-9-25(38-3)27(18-24)40-5)19-29(33)30-22-6-8-26(39-4)28(17-22)43(36,37)31-10-12-41-13-11-31/h6-9,14-18H,10-13,19H2,1-5H3,(H,30,33). The summed E-state index contributed by atoms with van der Waals surface area (Å²) in [6.45, 7) is 3.94. The lowest BCUT2D eigenvalue weighted by molar-refractivity contribution is -0.114. The molecule has 0 saturated carbocycles. The number of sulfonamides is 2. The number of carbonyl (C=O) groups is 1. The van der Waals surface area contributed by atoms with Crippen molar-refractivity contribution < 1.29 is 40.6 Å². The number of carbonyl (C=O) groups excluding carboxylic acids is 1. The molecular weight excluding hydrogens is 598 g/mol. The number of anilines is 2. The van der Waals surface area contributed by atoms with E-state index >= 15 is 0 Å². The second-order valence-electron chi connectivity index (χ2n) is 9.80. The van der Waals surface area contributed by atoms with Gasteiger partial charge in [0.2, 0.25) is 15.9 Å². The first-order valence-corrected chi connectivity index (χ1v) is 16.2. The maximum absolute atomic E-state index is 14.0. The van der Waals surface area contributed by atoms with E-state index in [0.29, 0.717) is 5.75 Å². The van der Waals surface area contributed by atoms with Crippen LogP contribution in [-0.2, 0) is 29.6 Å². The van der Waals surface area contributed by atoms with E-state index in [4.69, 9.17) is 18.9 Å². The number of benzene rings is 3. The summed E-state index contributed by atoms with van der Waals surface area (Å²) in [7, 11) is -4.06. The molecule has 0 aromatic heterocycles. The van der Waals surface area contributed by atoms with Gasteiger partial charge in [-0.3, -0.25) is 9.10 Å². The molecule has 3 aromatic carbocycles. The summed E-state index contributed by atoms with van der Waals surface area (Å²) >= 11 is 0. The Morgan fingerprint density at radius 3 is 2.05 bits per heavy atom. The van der Waals surface area contributed by atoms with E-state index in [0.717, 1.165) is 15.4 Å². The lowest BCUT2D eigenvalue weighted by Crippen LogP contribution is -2.40. The van der Waals surface area contributed by atoms with Crippen molar-refractivity contribution in [3.8, 4) is 17.2 Å². The largest absolute Gasteiger partial charge is 0.495 e. The first-order valence-electron chi connectivity index (χ1n) is 13.3. The molecule has 0 atom stereocenters. The molecule has 232 valence electrons. The molecule has 43 heavy (non-hydrogen) atoms. The molecule has 1 saturated heterocycles. The van der Waals surface area contributed by atoms with Gasteiger partial charge < -0.3 is 24.3 Å². The fourth-order valence-electron chi connectivity index (χ4n) is 4.73. The van der Waals surface area contributed by atoms with Crippen LogP contribution in [0.15, 0.2) is 64.4 Å². The van der Waals surface area contributed by atoms with Gasteiger partial charge in [0, 0.05) is 24.8 Å². The highest BCUT2D eigenvalue weighted by Gasteiger charge is 2.31. The number of nitrogens with one attached hydrogen (secondary N) is 1. The molecule has 12 nitrogen and oxygen atoms in total. The Hall–Kier alpha value is -3.85. The number of hydrogen-bond donors (Lipinski definition) is 1. The van der Waals surface area contributed by atoms with Crippen LogP contribution in [0.1, 0.15) is 11.1 Å². The molecule has 3 aromatic rings. The lowest BCUT2D eigenvalue weighted by atomic mass is 10.1. The topological polar surface area (TPSA) is 141 Å². The minimum atomic E-state index is -4.29. The van der Waals surface area contributed by atoms with Gasteiger partial charge in [0.25, 0.3) is 10.0 Å². The highest BCUT2D eigenvalue weighted by Crippen LogP contribution is 2.33. The molecule has 4 rings (SSSR count). The number of hydrogen-bond acceptors (Lipinski definition) is 9. The van der Waals surface area contributed by atoms with E-state index in [2.05, 4.69) is 5.32 Å². The second-order valence-corrected chi connectivity index (χ2v) is 13.6. The van der Waals surface area contributed by atoms with Crippen molar-refractivity contribution in [1.82, 2.24) is 4.31 Å². The average molecular weight is 634 g/mol. The van der Waals surface area contributed by atoms with Gasteiger partial charge in [-0.05, 0) is 67.4 Å². The Balaban J connectivity index is 1.69. The molecule has 1 amide bonds. The Bertz CT molecular complexity index is 1680. The van der Waals surface area contributed by atoms with Crippen molar-refractivity contribution in [2.75, 3.05) is 63.8 Å². The summed E-state index contributed by atoms with van der Waals surface area (Å²) < 4.78 is 78.2. The SMILES string of the molecule is COc1ccc(S(=O)(=O)N(CC(=O)Nc2ccc(OC)c(S(=O)(=O)N3CCOCC3)c2)c2cc(C)cc(C)c2)cc1OC. The number of methoxy groups -OCH3 is 3. The summed E-state index contributed by atoms with van der Waals surface area (Å²) in [4.78, 5) is 13.2. The maximum Gasteiger partial charge on any atom is 0.264 e. The summed E-state index contributed by atoms with van der Waals surface area (Å²) in [6, 6.07) is 13.6. The van der Waals surface area contributed by atoms with E-state index in [1.54, 1.807) is 12.1 Å². The van der Waals surface area contributed by atoms with Gasteiger partial charge in [-0.25, -0.2) is 16.8 Å². The molecular formula is C29H35N3O9S2. The molecule has 1 N–H and O–H groups in total. The smallest absolute Gasteiger partial charge is 0.264 e. The normalized spacial score (nSPS) is 14.2. The summed E-state index contributed by atoms with van der Waals surface area (Å²) in [6.07, 6.45) is 0. The van der Waals surface area contributed by atoms with Crippen molar-refractivity contribution in [1.29, 1.82) is 0 Å². The van der Waals surface area contributed by atoms with Gasteiger partial charge in [-0.2, -0.15) is 4.31 Å². The number of aryl methyl sites for hydroxylation is 2. The van der Waals surface area contributed by atoms with E-state index in [-0.39, 0.29) is 59.0 Å². The van der Waals surface area contributed by atoms with Gasteiger partial charge in [0.05, 0.1) is 45.1 Å². The zero-order valence-corrected chi connectivity index (χ0v) is 26.2. The Morgan fingerprint density at radius 2 is 1.44 bits per heavy atom. The lowest BCUT2D eigenvalue weighted by Gasteiger charge is -2.27. The molecule has 0 aliphatic carbocycles. The van der Waals surface area contributed by atoms with Gasteiger partial charge in [-0.1, -0.05) is 6.07 Å². The number of nitrogens with zero attached hydrogens (tertiary/aromatic N) is 2. The number of ether oxygens (including phenoxy) is 4. The van der Waals surface area contributed by atoms with Crippen LogP contribution in [-0.4, -0.2) is 81.2 Å². The van der Waals surface area contributed by atoms with Crippen LogP contribution in [0.3, 0.4) is 0 Å². The molecule has 0 radical (unpaired) electrons. The molecule has 0 spiro atoms. The fraction of sp³-hybridized carbons (Fsp3) is 0.345. The molecule has 1 fully saturated rings. The Kier molecular flexibility index (Phi) is 9.85. The van der Waals surface area contributed by atoms with Gasteiger partial charge >= 0.3 is 0 Å². The van der Waals surface area contributed by atoms with Crippen LogP contribution >= 0.6 is 0 Å². The fourth-order valence-corrected chi connectivity index (χ4v) is 7.74. The van der Waals surface area contributed by atoms with Crippen LogP contribution in [0.25, 0.3) is 0 Å². The van der Waals surface area contributed by atoms with E-state index in [1.165, 1.54) is 62.0 Å². The molecule has 14 heteroatoms. The third-order valence-corrected chi connectivity index (χ3v) is 10.4. The molecule has 1 aliphatic heterocycles. The van der Waals surface area contributed by atoms with Crippen molar-refractivity contribution in [3.05, 3.63) is 65.7 Å². The van der Waals surface area contributed by atoms with Crippen molar-refractivity contribution in [2.45, 2.75) is 23.6 Å². The number of amides is 1. The molecule has 0 bridgehead atoms. The van der Waals surface area contributed by atoms with E-state index in [9.17, 15) is 21.6 Å². The van der Waals surface area contributed by atoms with Gasteiger partial charge in [0.1, 0.15) is 17.2 Å². The summed E-state index contributed by atoms with van der Waals surface area (Å²) in [5, 5.41) is 2.65. The minimum absolute atomic E-state index is 0.109. The molecule has 1 aliphatic rings. The zero-order valence-electron chi connectivity index (χ0n) is 24.6. The molecule has 1 heterocycles. The minimum Gasteiger partial charge on any atom is -0.495 e. The highest BCUT2D eigenvalue weighted by molar-refractivity contribution is 7.92. The van der Waals surface area contributed by atoms with Gasteiger partial charge in [-0.15, -0.1) is 0 Å². The number of morpholine rings is 1. The highest BCUT2D eigenvalue weighted by atomic mass is 32.2. The van der Waals surface area contributed by atoms with Crippen LogP contribution in [0.4, 0.5) is 11.4 Å². The van der Waals surface area contributed by atoms with Crippen LogP contribution in [0.2, 0.25) is 0 Å². The van der Waals surface area contributed by atoms with E-state index < -0.39 is 32.5 Å². The van der Waals surface area contributed by atoms with Crippen LogP contribution < -0.4 is 23.8 Å². The van der Waals surface area contributed by atoms with E-state index in [1.807, 2.05) is 19.9 Å². The van der Waals surface area contributed by atoms with Crippen molar-refractivity contribution >= 4 is 37.3 Å². The first-order chi connectivity index (χ1) is 20.4. The number of rotatable bonds is 11. The van der Waals surface area contributed by atoms with Crippen molar-refractivity contribution in [2.24, 2.45) is 0 Å². The monoisotopic (exact) mass is 633 g/mol. The third kappa shape index (κ3) is 7.04. The Labute approximate surface area is 252 Å². The average Bonchev–Trinajstić information content (AvgIpc) is 2.99. The van der Waals surface area contributed by atoms with Gasteiger partial charge in [0.15, 0.2) is 11.5 Å². The molecule has 0 unspecified atom stereocenters. The predicted molar refractivity (Wildman–Crippen MR) is 161 cm³/mol. The quantitative estimate of drug-likeness (QED) is 0.337. The zero-order chi connectivity index (χ0) is 31.4. The predicted octanol–water partition coefficient (Wildman–Crippen LogP) is 3.18. The maximum atomic E-state index is 14.0. The summed E-state index contributed by atoms with van der Waals surface area (Å²) in [5.41, 5.74) is 2.04. The van der Waals surface area contributed by atoms with Crippen LogP contribution in [0.5, 0.6) is 17.2 Å². The Morgan fingerprint density at radius 1 is 0.837 bits per heavy atom. The first kappa shape index (κ1) is 32.1. The van der Waals surface area contributed by atoms with Crippen LogP contribution in [0, 0.1) is 13.8 Å². The van der Waals surface area contributed by atoms with Crippen molar-refractivity contribution in [3.63, 3.8) is 0 Å². The third-order valence-electron chi connectivity index (χ3n) is 6.76. The second kappa shape index (κ2) is 13.2. The summed E-state index contributed by atoms with van der Waals surface area (Å²) in [5.74, 6) is -0.0272.